The molecule has 1 rings (SSSR count). The maximum absolute atomic E-state index is 12.2. The average Bonchev–Trinajstić information content (AvgIpc) is 2.16. The summed E-state index contributed by atoms with van der Waals surface area (Å²) in [5, 5.41) is 3.26. The van der Waals surface area contributed by atoms with E-state index in [0.717, 1.165) is 32.7 Å². The van der Waals surface area contributed by atoms with E-state index in [4.69, 9.17) is 0 Å². The Balaban J connectivity index is 2.56. The van der Waals surface area contributed by atoms with Crippen molar-refractivity contribution < 1.29 is 4.79 Å². The van der Waals surface area contributed by atoms with E-state index < -0.39 is 0 Å². The summed E-state index contributed by atoms with van der Waals surface area (Å²) in [4.78, 5) is 16.3. The second-order valence-corrected chi connectivity index (χ2v) is 5.16. The van der Waals surface area contributed by atoms with E-state index in [1.807, 2.05) is 32.8 Å². The normalized spacial score (nSPS) is 18.3. The van der Waals surface area contributed by atoms with Crippen LogP contribution in [0.1, 0.15) is 13.8 Å². The molecule has 1 N–H and O–H groups in total. The summed E-state index contributed by atoms with van der Waals surface area (Å²) in [5.74, 6) is 0.276. The van der Waals surface area contributed by atoms with Crippen molar-refractivity contribution in [3.8, 4) is 0 Å². The van der Waals surface area contributed by atoms with Crippen molar-refractivity contribution in [1.82, 2.24) is 15.1 Å². The SMILES string of the molecule is CN(C)CC(C)(C)C(=O)N1CCNCC1. The number of hydrogen-bond acceptors (Lipinski definition) is 3. The first-order chi connectivity index (χ1) is 6.93. The number of carbonyl (C=O) groups is 1. The van der Waals surface area contributed by atoms with Gasteiger partial charge in [0.1, 0.15) is 0 Å². The summed E-state index contributed by atoms with van der Waals surface area (Å²) in [5.41, 5.74) is -0.277. The van der Waals surface area contributed by atoms with E-state index in [9.17, 15) is 4.79 Å². The summed E-state index contributed by atoms with van der Waals surface area (Å²) < 4.78 is 0. The molecule has 0 aromatic carbocycles. The molecule has 1 amide bonds. The molecule has 0 saturated carbocycles. The molecule has 1 heterocycles. The first-order valence-electron chi connectivity index (χ1n) is 5.58. The molecular formula is C11H23N3O. The standard InChI is InChI=1S/C11H23N3O/c1-11(2,9-13(3)4)10(15)14-7-5-12-6-8-14/h12H,5-9H2,1-4H3. The summed E-state index contributed by atoms with van der Waals surface area (Å²) in [6, 6.07) is 0. The van der Waals surface area contributed by atoms with Crippen molar-refractivity contribution in [2.24, 2.45) is 5.41 Å². The van der Waals surface area contributed by atoms with Crippen LogP contribution >= 0.6 is 0 Å². The Labute approximate surface area is 92.6 Å². The van der Waals surface area contributed by atoms with E-state index in [2.05, 4.69) is 10.2 Å². The highest BCUT2D eigenvalue weighted by atomic mass is 16.2. The number of rotatable bonds is 3. The molecule has 4 nitrogen and oxygen atoms in total. The van der Waals surface area contributed by atoms with Crippen molar-refractivity contribution in [3.05, 3.63) is 0 Å². The van der Waals surface area contributed by atoms with E-state index in [-0.39, 0.29) is 11.3 Å². The van der Waals surface area contributed by atoms with Gasteiger partial charge in [-0.05, 0) is 27.9 Å². The van der Waals surface area contributed by atoms with Gasteiger partial charge in [-0.1, -0.05) is 0 Å². The Morgan fingerprint density at radius 1 is 1.33 bits per heavy atom. The zero-order valence-electron chi connectivity index (χ0n) is 10.3. The predicted octanol–water partition coefficient (Wildman–Crippen LogP) is 0.00600. The quantitative estimate of drug-likeness (QED) is 0.717. The minimum atomic E-state index is -0.277. The topological polar surface area (TPSA) is 35.6 Å². The van der Waals surface area contributed by atoms with Crippen molar-refractivity contribution in [2.75, 3.05) is 46.8 Å². The molecule has 0 atom stereocenters. The number of amides is 1. The third kappa shape index (κ3) is 3.47. The van der Waals surface area contributed by atoms with Gasteiger partial charge < -0.3 is 15.1 Å². The lowest BCUT2D eigenvalue weighted by molar-refractivity contribution is -0.141. The van der Waals surface area contributed by atoms with Gasteiger partial charge in [0.2, 0.25) is 5.91 Å². The molecule has 0 aliphatic carbocycles. The van der Waals surface area contributed by atoms with Crippen LogP contribution in [0.3, 0.4) is 0 Å². The summed E-state index contributed by atoms with van der Waals surface area (Å²) in [7, 11) is 4.01. The van der Waals surface area contributed by atoms with Gasteiger partial charge in [-0.15, -0.1) is 0 Å². The average molecular weight is 213 g/mol. The second kappa shape index (κ2) is 4.94. The molecule has 1 aliphatic rings. The Morgan fingerprint density at radius 3 is 2.33 bits per heavy atom. The third-order valence-corrected chi connectivity index (χ3v) is 2.69. The van der Waals surface area contributed by atoms with Crippen LogP contribution in [0, 0.1) is 5.41 Å². The molecule has 88 valence electrons. The summed E-state index contributed by atoms with van der Waals surface area (Å²) in [6.45, 7) is 8.38. The highest BCUT2D eigenvalue weighted by Gasteiger charge is 2.32. The number of piperazine rings is 1. The molecular weight excluding hydrogens is 190 g/mol. The number of hydrogen-bond donors (Lipinski definition) is 1. The monoisotopic (exact) mass is 213 g/mol. The molecule has 0 unspecified atom stereocenters. The van der Waals surface area contributed by atoms with Crippen LogP contribution in [0.5, 0.6) is 0 Å². The molecule has 1 fully saturated rings. The first kappa shape index (κ1) is 12.5. The van der Waals surface area contributed by atoms with Crippen molar-refractivity contribution >= 4 is 5.91 Å². The highest BCUT2D eigenvalue weighted by molar-refractivity contribution is 5.82. The van der Waals surface area contributed by atoms with Crippen LogP contribution < -0.4 is 5.32 Å². The first-order valence-corrected chi connectivity index (χ1v) is 5.58. The van der Waals surface area contributed by atoms with Gasteiger partial charge in [0.15, 0.2) is 0 Å². The molecule has 15 heavy (non-hydrogen) atoms. The molecule has 4 heteroatoms. The Morgan fingerprint density at radius 2 is 1.87 bits per heavy atom. The van der Waals surface area contributed by atoms with Gasteiger partial charge in [-0.25, -0.2) is 0 Å². The van der Waals surface area contributed by atoms with Gasteiger partial charge in [0.25, 0.3) is 0 Å². The van der Waals surface area contributed by atoms with Gasteiger partial charge in [-0.3, -0.25) is 4.79 Å². The van der Waals surface area contributed by atoms with Crippen LogP contribution in [-0.2, 0) is 4.79 Å². The Bertz CT molecular complexity index is 220. The molecule has 1 aliphatic heterocycles. The molecule has 0 aromatic rings. The molecule has 0 aromatic heterocycles. The van der Waals surface area contributed by atoms with Crippen LogP contribution in [0.25, 0.3) is 0 Å². The number of nitrogens with zero attached hydrogens (tertiary/aromatic N) is 2. The van der Waals surface area contributed by atoms with Crippen LogP contribution in [0.4, 0.5) is 0 Å². The zero-order valence-corrected chi connectivity index (χ0v) is 10.3. The van der Waals surface area contributed by atoms with Crippen LogP contribution in [-0.4, -0.2) is 62.5 Å². The molecule has 0 spiro atoms. The molecule has 1 saturated heterocycles. The molecule has 0 radical (unpaired) electrons. The smallest absolute Gasteiger partial charge is 0.229 e. The van der Waals surface area contributed by atoms with Crippen molar-refractivity contribution in [3.63, 3.8) is 0 Å². The minimum Gasteiger partial charge on any atom is -0.340 e. The van der Waals surface area contributed by atoms with Gasteiger partial charge in [-0.2, -0.15) is 0 Å². The summed E-state index contributed by atoms with van der Waals surface area (Å²) >= 11 is 0. The van der Waals surface area contributed by atoms with Gasteiger partial charge >= 0.3 is 0 Å². The van der Waals surface area contributed by atoms with Crippen molar-refractivity contribution in [2.45, 2.75) is 13.8 Å². The second-order valence-electron chi connectivity index (χ2n) is 5.16. The lowest BCUT2D eigenvalue weighted by Crippen LogP contribution is -2.52. The van der Waals surface area contributed by atoms with E-state index in [1.165, 1.54) is 0 Å². The third-order valence-electron chi connectivity index (χ3n) is 2.69. The Kier molecular flexibility index (Phi) is 4.11. The minimum absolute atomic E-state index is 0.276. The summed E-state index contributed by atoms with van der Waals surface area (Å²) in [6.07, 6.45) is 0. The fourth-order valence-electron chi connectivity index (χ4n) is 2.15. The van der Waals surface area contributed by atoms with E-state index in [0.29, 0.717) is 0 Å². The molecule has 0 bridgehead atoms. The fraction of sp³-hybridized carbons (Fsp3) is 0.909. The lowest BCUT2D eigenvalue weighted by Gasteiger charge is -2.35. The fourth-order valence-corrected chi connectivity index (χ4v) is 2.15. The van der Waals surface area contributed by atoms with E-state index in [1.54, 1.807) is 0 Å². The van der Waals surface area contributed by atoms with Gasteiger partial charge in [0.05, 0.1) is 5.41 Å². The van der Waals surface area contributed by atoms with Gasteiger partial charge in [0, 0.05) is 32.7 Å². The van der Waals surface area contributed by atoms with Crippen molar-refractivity contribution in [1.29, 1.82) is 0 Å². The number of carbonyl (C=O) groups excluding carboxylic acids is 1. The zero-order chi connectivity index (χ0) is 11.5. The lowest BCUT2D eigenvalue weighted by atomic mass is 9.90. The Hall–Kier alpha value is -0.610. The predicted molar refractivity (Wildman–Crippen MR) is 61.8 cm³/mol. The largest absolute Gasteiger partial charge is 0.340 e. The highest BCUT2D eigenvalue weighted by Crippen LogP contribution is 2.19. The van der Waals surface area contributed by atoms with Crippen LogP contribution in [0.15, 0.2) is 0 Å². The maximum atomic E-state index is 12.2. The van der Waals surface area contributed by atoms with Crippen LogP contribution in [0.2, 0.25) is 0 Å². The number of nitrogens with one attached hydrogen (secondary N) is 1. The maximum Gasteiger partial charge on any atom is 0.229 e. The van der Waals surface area contributed by atoms with E-state index >= 15 is 0 Å².